The molecule has 1 spiro atoms. The number of aryl methyl sites for hydroxylation is 1. The number of fused-ring (bicyclic) bond motifs is 2. The van der Waals surface area contributed by atoms with Gasteiger partial charge in [0.1, 0.15) is 5.60 Å². The summed E-state index contributed by atoms with van der Waals surface area (Å²) in [6, 6.07) is 0.196. The fraction of sp³-hybridized carbons (Fsp3) is 0.786. The molecule has 1 aromatic heterocycles. The van der Waals surface area contributed by atoms with E-state index in [1.165, 1.54) is 11.3 Å². The van der Waals surface area contributed by atoms with Gasteiger partial charge in [-0.15, -0.1) is 0 Å². The van der Waals surface area contributed by atoms with Crippen LogP contribution < -0.4 is 5.32 Å². The van der Waals surface area contributed by atoms with E-state index in [0.717, 1.165) is 19.5 Å². The molecule has 3 heterocycles. The lowest BCUT2D eigenvalue weighted by molar-refractivity contribution is -0.146. The van der Waals surface area contributed by atoms with E-state index in [4.69, 9.17) is 9.47 Å². The highest BCUT2D eigenvalue weighted by Crippen LogP contribution is 2.44. The normalized spacial score (nSPS) is 34.5. The lowest BCUT2D eigenvalue weighted by Crippen LogP contribution is -2.53. The van der Waals surface area contributed by atoms with E-state index < -0.39 is 0 Å². The molecule has 1 saturated heterocycles. The van der Waals surface area contributed by atoms with Crippen molar-refractivity contribution in [3.05, 3.63) is 17.5 Å². The second-order valence-electron chi connectivity index (χ2n) is 5.79. The van der Waals surface area contributed by atoms with E-state index in [1.807, 2.05) is 6.20 Å². The summed E-state index contributed by atoms with van der Waals surface area (Å²) < 4.78 is 13.8. The van der Waals surface area contributed by atoms with Crippen molar-refractivity contribution < 1.29 is 9.47 Å². The minimum absolute atomic E-state index is 0.171. The van der Waals surface area contributed by atoms with Crippen LogP contribution >= 0.6 is 0 Å². The Morgan fingerprint density at radius 1 is 1.63 bits per heavy atom. The lowest BCUT2D eigenvalue weighted by Gasteiger charge is -2.47. The molecule has 0 aromatic carbocycles. The first-order chi connectivity index (χ1) is 9.19. The fourth-order valence-corrected chi connectivity index (χ4v) is 3.52. The van der Waals surface area contributed by atoms with E-state index in [-0.39, 0.29) is 11.6 Å². The highest BCUT2D eigenvalue weighted by Gasteiger charge is 2.48. The van der Waals surface area contributed by atoms with Crippen molar-refractivity contribution in [2.45, 2.75) is 31.9 Å². The van der Waals surface area contributed by atoms with Gasteiger partial charge in [0.25, 0.3) is 0 Å². The van der Waals surface area contributed by atoms with E-state index in [9.17, 15) is 0 Å². The summed E-state index contributed by atoms with van der Waals surface area (Å²) in [6.45, 7) is 7.74. The minimum Gasteiger partial charge on any atom is -0.382 e. The maximum atomic E-state index is 6.37. The molecule has 1 N–H and O–H groups in total. The van der Waals surface area contributed by atoms with E-state index in [2.05, 4.69) is 28.9 Å². The Morgan fingerprint density at radius 3 is 3.21 bits per heavy atom. The number of nitrogens with one attached hydrogen (secondary N) is 1. The molecule has 1 fully saturated rings. The quantitative estimate of drug-likeness (QED) is 0.874. The van der Waals surface area contributed by atoms with E-state index in [0.29, 0.717) is 19.1 Å². The molecule has 3 atom stereocenters. The van der Waals surface area contributed by atoms with Crippen LogP contribution in [0.15, 0.2) is 6.20 Å². The summed E-state index contributed by atoms with van der Waals surface area (Å²) >= 11 is 0. The van der Waals surface area contributed by atoms with Gasteiger partial charge in [0.2, 0.25) is 0 Å². The van der Waals surface area contributed by atoms with Gasteiger partial charge in [0, 0.05) is 19.6 Å². The molecule has 2 aliphatic rings. The van der Waals surface area contributed by atoms with Crippen molar-refractivity contribution >= 4 is 0 Å². The van der Waals surface area contributed by atoms with Gasteiger partial charge in [-0.05, 0) is 25.5 Å². The largest absolute Gasteiger partial charge is 0.382 e. The first kappa shape index (κ1) is 13.1. The van der Waals surface area contributed by atoms with Crippen LogP contribution in [0, 0.1) is 12.8 Å². The number of methoxy groups -OCH3 is 1. The molecule has 5 nitrogen and oxygen atoms in total. The molecule has 5 heteroatoms. The van der Waals surface area contributed by atoms with Crippen molar-refractivity contribution in [2.75, 3.05) is 33.4 Å². The topological polar surface area (TPSA) is 48.3 Å². The first-order valence-corrected chi connectivity index (χ1v) is 7.07. The van der Waals surface area contributed by atoms with Gasteiger partial charge < -0.3 is 14.8 Å². The number of ether oxygens (including phenoxy) is 2. The third-order valence-corrected chi connectivity index (χ3v) is 4.54. The lowest BCUT2D eigenvalue weighted by atomic mass is 9.78. The van der Waals surface area contributed by atoms with Crippen LogP contribution in [0.25, 0.3) is 0 Å². The Kier molecular flexibility index (Phi) is 3.37. The second-order valence-corrected chi connectivity index (χ2v) is 5.79. The first-order valence-electron chi connectivity index (χ1n) is 7.07. The number of hydrogen-bond donors (Lipinski definition) is 1. The molecule has 2 aliphatic heterocycles. The molecule has 1 aromatic rings. The summed E-state index contributed by atoms with van der Waals surface area (Å²) in [5.41, 5.74) is 2.32. The van der Waals surface area contributed by atoms with Crippen LogP contribution in [0.1, 0.15) is 30.6 Å². The standard InChI is InChI=1S/C14H23N3O2/c1-10-6-16-17-12(8-18-3)9-19-14(13(10)17)4-5-15-7-11(14)2/h6,11-12,15H,4-5,7-9H2,1-3H3. The molecule has 0 radical (unpaired) electrons. The van der Waals surface area contributed by atoms with Gasteiger partial charge in [0.15, 0.2) is 0 Å². The van der Waals surface area contributed by atoms with Crippen LogP contribution in [0.3, 0.4) is 0 Å². The van der Waals surface area contributed by atoms with E-state index in [1.54, 1.807) is 7.11 Å². The molecule has 3 unspecified atom stereocenters. The Morgan fingerprint density at radius 2 is 2.47 bits per heavy atom. The molecule has 0 saturated carbocycles. The Bertz CT molecular complexity index is 460. The number of aromatic nitrogens is 2. The Hall–Kier alpha value is -0.910. The molecule has 0 aliphatic carbocycles. The Labute approximate surface area is 114 Å². The average Bonchev–Trinajstić information content (AvgIpc) is 2.80. The number of hydrogen-bond acceptors (Lipinski definition) is 4. The highest BCUT2D eigenvalue weighted by atomic mass is 16.5. The zero-order valence-electron chi connectivity index (χ0n) is 12.0. The molecular weight excluding hydrogens is 242 g/mol. The summed E-state index contributed by atoms with van der Waals surface area (Å²) in [7, 11) is 1.73. The van der Waals surface area contributed by atoms with Crippen molar-refractivity contribution in [1.29, 1.82) is 0 Å². The molecule has 106 valence electrons. The fourth-order valence-electron chi connectivity index (χ4n) is 3.52. The monoisotopic (exact) mass is 265 g/mol. The van der Waals surface area contributed by atoms with Crippen LogP contribution in [0.4, 0.5) is 0 Å². The van der Waals surface area contributed by atoms with Crippen LogP contribution in [0.5, 0.6) is 0 Å². The molecule has 0 amide bonds. The predicted molar refractivity (Wildman–Crippen MR) is 72.2 cm³/mol. The van der Waals surface area contributed by atoms with Gasteiger partial charge in [-0.2, -0.15) is 5.10 Å². The van der Waals surface area contributed by atoms with Gasteiger partial charge in [0.05, 0.1) is 31.1 Å². The second kappa shape index (κ2) is 4.89. The van der Waals surface area contributed by atoms with Gasteiger partial charge >= 0.3 is 0 Å². The summed E-state index contributed by atoms with van der Waals surface area (Å²) in [4.78, 5) is 0. The molecule has 19 heavy (non-hydrogen) atoms. The maximum absolute atomic E-state index is 6.37. The van der Waals surface area contributed by atoms with Crippen molar-refractivity contribution in [1.82, 2.24) is 15.1 Å². The van der Waals surface area contributed by atoms with Crippen LogP contribution in [-0.4, -0.2) is 43.2 Å². The van der Waals surface area contributed by atoms with Crippen molar-refractivity contribution in [2.24, 2.45) is 5.92 Å². The zero-order chi connectivity index (χ0) is 13.5. The van der Waals surface area contributed by atoms with Gasteiger partial charge in [-0.1, -0.05) is 6.92 Å². The van der Waals surface area contributed by atoms with Crippen molar-refractivity contribution in [3.8, 4) is 0 Å². The van der Waals surface area contributed by atoms with Crippen molar-refractivity contribution in [3.63, 3.8) is 0 Å². The van der Waals surface area contributed by atoms with Gasteiger partial charge in [-0.25, -0.2) is 0 Å². The average molecular weight is 265 g/mol. The smallest absolute Gasteiger partial charge is 0.115 e. The third-order valence-electron chi connectivity index (χ3n) is 4.54. The van der Waals surface area contributed by atoms with Gasteiger partial charge in [-0.3, -0.25) is 4.68 Å². The molecule has 3 rings (SSSR count). The number of nitrogens with zero attached hydrogens (tertiary/aromatic N) is 2. The number of rotatable bonds is 2. The zero-order valence-corrected chi connectivity index (χ0v) is 12.0. The van der Waals surface area contributed by atoms with E-state index >= 15 is 0 Å². The predicted octanol–water partition coefficient (Wildman–Crippen LogP) is 1.23. The van der Waals surface area contributed by atoms with Crippen LogP contribution in [0.2, 0.25) is 0 Å². The Balaban J connectivity index is 2.04. The van der Waals surface area contributed by atoms with Crippen LogP contribution in [-0.2, 0) is 15.1 Å². The number of piperidine rings is 1. The minimum atomic E-state index is -0.171. The summed E-state index contributed by atoms with van der Waals surface area (Å²) in [5.74, 6) is 0.457. The SMILES string of the molecule is COCC1COC2(CCNCC2C)c2c(C)cnn21. The highest BCUT2D eigenvalue weighted by molar-refractivity contribution is 5.27. The molecule has 0 bridgehead atoms. The third kappa shape index (κ3) is 1.91. The maximum Gasteiger partial charge on any atom is 0.115 e. The summed E-state index contributed by atoms with van der Waals surface area (Å²) in [6.07, 6.45) is 2.98. The summed E-state index contributed by atoms with van der Waals surface area (Å²) in [5, 5.41) is 8.03. The molecular formula is C14H23N3O2.